The van der Waals surface area contributed by atoms with Crippen LogP contribution in [0.2, 0.25) is 0 Å². The highest BCUT2D eigenvalue weighted by molar-refractivity contribution is 5.79. The summed E-state index contributed by atoms with van der Waals surface area (Å²) in [5.74, 6) is 0. The van der Waals surface area contributed by atoms with Gasteiger partial charge < -0.3 is 10.0 Å². The first-order valence-electron chi connectivity index (χ1n) is 9.16. The minimum atomic E-state index is -0.585. The molecule has 0 aliphatic carbocycles. The fourth-order valence-corrected chi connectivity index (χ4v) is 3.32. The number of aliphatic hydroxyl groups is 1. The van der Waals surface area contributed by atoms with Gasteiger partial charge in [0.05, 0.1) is 25.0 Å². The molecule has 3 nitrogen and oxygen atoms in total. The number of aliphatic imine (C=N–C) groups is 1. The molecule has 0 radical (unpaired) electrons. The Kier molecular flexibility index (Phi) is 5.13. The van der Waals surface area contributed by atoms with E-state index < -0.39 is 6.10 Å². The van der Waals surface area contributed by atoms with Gasteiger partial charge in [-0.3, -0.25) is 4.99 Å². The summed E-state index contributed by atoms with van der Waals surface area (Å²) in [6.45, 7) is 0.454. The Bertz CT molecular complexity index is 920. The first kappa shape index (κ1) is 17.3. The van der Waals surface area contributed by atoms with Gasteiger partial charge in [0.2, 0.25) is 0 Å². The van der Waals surface area contributed by atoms with Gasteiger partial charge in [0.1, 0.15) is 0 Å². The van der Waals surface area contributed by atoms with Gasteiger partial charge in [0.15, 0.2) is 0 Å². The molecule has 3 aromatic rings. The van der Waals surface area contributed by atoms with E-state index in [0.717, 1.165) is 22.4 Å². The van der Waals surface area contributed by atoms with E-state index in [1.807, 2.05) is 78.0 Å². The number of nitrogens with zero attached hydrogens (tertiary/aromatic N) is 2. The molecule has 0 amide bonds. The zero-order valence-corrected chi connectivity index (χ0v) is 15.0. The molecule has 4 rings (SSSR count). The second-order valence-corrected chi connectivity index (χ2v) is 6.62. The van der Waals surface area contributed by atoms with Crippen molar-refractivity contribution in [3.8, 4) is 0 Å². The molecule has 1 aliphatic rings. The second kappa shape index (κ2) is 8.02. The Morgan fingerprint density at radius 3 is 2.07 bits per heavy atom. The smallest absolute Gasteiger partial charge is 0.0970 e. The van der Waals surface area contributed by atoms with Gasteiger partial charge in [0, 0.05) is 5.70 Å². The standard InChI is InChI=1S/C24H22N2O/c27-24(21-14-8-3-9-15-21)17-26-18-25-22(19-10-4-1-5-11-19)16-23(26)20-12-6-2-7-13-20/h1-16,18,22,24,27H,17H2. The summed E-state index contributed by atoms with van der Waals surface area (Å²) in [5.41, 5.74) is 4.24. The minimum absolute atomic E-state index is 0.0217. The average molecular weight is 354 g/mol. The maximum atomic E-state index is 10.7. The maximum Gasteiger partial charge on any atom is 0.0970 e. The van der Waals surface area contributed by atoms with Gasteiger partial charge in [-0.1, -0.05) is 91.0 Å². The topological polar surface area (TPSA) is 35.8 Å². The molecule has 0 fully saturated rings. The molecular formula is C24H22N2O. The van der Waals surface area contributed by atoms with E-state index in [1.54, 1.807) is 0 Å². The zero-order chi connectivity index (χ0) is 18.5. The SMILES string of the molecule is OC(CN1C=NC(c2ccccc2)C=C1c1ccccc1)c1ccccc1. The van der Waals surface area contributed by atoms with Crippen LogP contribution in [0.15, 0.2) is 102 Å². The quantitative estimate of drug-likeness (QED) is 0.711. The third-order valence-corrected chi connectivity index (χ3v) is 4.76. The Hall–Kier alpha value is -3.17. The van der Waals surface area contributed by atoms with Crippen molar-refractivity contribution in [3.05, 3.63) is 114 Å². The lowest BCUT2D eigenvalue weighted by molar-refractivity contribution is 0.160. The number of aliphatic hydroxyl groups excluding tert-OH is 1. The van der Waals surface area contributed by atoms with Crippen molar-refractivity contribution < 1.29 is 5.11 Å². The molecule has 1 aliphatic heterocycles. The molecule has 134 valence electrons. The summed E-state index contributed by atoms with van der Waals surface area (Å²) >= 11 is 0. The largest absolute Gasteiger partial charge is 0.387 e. The van der Waals surface area contributed by atoms with E-state index in [2.05, 4.69) is 30.3 Å². The monoisotopic (exact) mass is 354 g/mol. The number of hydrogen-bond acceptors (Lipinski definition) is 3. The number of benzene rings is 3. The van der Waals surface area contributed by atoms with Crippen LogP contribution in [0, 0.1) is 0 Å². The first-order chi connectivity index (χ1) is 13.3. The lowest BCUT2D eigenvalue weighted by atomic mass is 10.0. The van der Waals surface area contributed by atoms with Gasteiger partial charge in [-0.25, -0.2) is 0 Å². The molecular weight excluding hydrogens is 332 g/mol. The fraction of sp³-hybridized carbons (Fsp3) is 0.125. The van der Waals surface area contributed by atoms with Gasteiger partial charge in [-0.05, 0) is 22.8 Å². The molecule has 27 heavy (non-hydrogen) atoms. The van der Waals surface area contributed by atoms with Crippen LogP contribution in [0.4, 0.5) is 0 Å². The van der Waals surface area contributed by atoms with Crippen molar-refractivity contribution >= 4 is 12.0 Å². The molecule has 0 aromatic heterocycles. The predicted molar refractivity (Wildman–Crippen MR) is 110 cm³/mol. The van der Waals surface area contributed by atoms with Crippen LogP contribution in [0.25, 0.3) is 5.70 Å². The number of rotatable bonds is 5. The molecule has 2 unspecified atom stereocenters. The highest BCUT2D eigenvalue weighted by atomic mass is 16.3. The van der Waals surface area contributed by atoms with Crippen LogP contribution in [0.1, 0.15) is 28.8 Å². The molecule has 0 saturated carbocycles. The zero-order valence-electron chi connectivity index (χ0n) is 15.0. The fourth-order valence-electron chi connectivity index (χ4n) is 3.32. The van der Waals surface area contributed by atoms with Crippen LogP contribution in [-0.2, 0) is 0 Å². The van der Waals surface area contributed by atoms with Crippen molar-refractivity contribution in [2.45, 2.75) is 12.1 Å². The molecule has 0 bridgehead atoms. The van der Waals surface area contributed by atoms with Gasteiger partial charge in [0.25, 0.3) is 0 Å². The summed E-state index contributed by atoms with van der Waals surface area (Å²) in [7, 11) is 0. The van der Waals surface area contributed by atoms with Crippen LogP contribution >= 0.6 is 0 Å². The molecule has 0 spiro atoms. The van der Waals surface area contributed by atoms with Crippen molar-refractivity contribution in [3.63, 3.8) is 0 Å². The molecule has 3 heteroatoms. The summed E-state index contributed by atoms with van der Waals surface area (Å²) in [5, 5.41) is 10.7. The lowest BCUT2D eigenvalue weighted by Crippen LogP contribution is -2.29. The second-order valence-electron chi connectivity index (χ2n) is 6.62. The normalized spacial score (nSPS) is 17.4. The van der Waals surface area contributed by atoms with Crippen molar-refractivity contribution in [2.24, 2.45) is 4.99 Å². The summed E-state index contributed by atoms with van der Waals surface area (Å²) in [4.78, 5) is 6.75. The summed E-state index contributed by atoms with van der Waals surface area (Å²) in [6, 6.07) is 30.3. The predicted octanol–water partition coefficient (Wildman–Crippen LogP) is 4.85. The molecule has 3 aromatic carbocycles. The Balaban J connectivity index is 1.64. The van der Waals surface area contributed by atoms with E-state index in [9.17, 15) is 5.11 Å². The van der Waals surface area contributed by atoms with Gasteiger partial charge in [-0.15, -0.1) is 0 Å². The molecule has 2 atom stereocenters. The Morgan fingerprint density at radius 1 is 0.815 bits per heavy atom. The minimum Gasteiger partial charge on any atom is -0.387 e. The highest BCUT2D eigenvalue weighted by Crippen LogP contribution is 2.31. The van der Waals surface area contributed by atoms with Gasteiger partial charge >= 0.3 is 0 Å². The van der Waals surface area contributed by atoms with E-state index in [4.69, 9.17) is 4.99 Å². The first-order valence-corrected chi connectivity index (χ1v) is 9.16. The van der Waals surface area contributed by atoms with Crippen molar-refractivity contribution in [2.75, 3.05) is 6.54 Å². The van der Waals surface area contributed by atoms with Gasteiger partial charge in [-0.2, -0.15) is 0 Å². The highest BCUT2D eigenvalue weighted by Gasteiger charge is 2.21. The number of hydrogen-bond donors (Lipinski definition) is 1. The van der Waals surface area contributed by atoms with Crippen LogP contribution in [-0.4, -0.2) is 22.9 Å². The van der Waals surface area contributed by atoms with E-state index in [0.29, 0.717) is 6.54 Å². The molecule has 1 heterocycles. The Morgan fingerprint density at radius 2 is 1.41 bits per heavy atom. The molecule has 0 saturated heterocycles. The third-order valence-electron chi connectivity index (χ3n) is 4.76. The number of β-amino-alcohol motifs (C(OH)–C–C–N with tert-alkyl or cyclic N) is 1. The van der Waals surface area contributed by atoms with Crippen molar-refractivity contribution in [1.82, 2.24) is 4.90 Å². The van der Waals surface area contributed by atoms with Crippen LogP contribution in [0.3, 0.4) is 0 Å². The maximum absolute atomic E-state index is 10.7. The van der Waals surface area contributed by atoms with E-state index >= 15 is 0 Å². The summed E-state index contributed by atoms with van der Waals surface area (Å²) < 4.78 is 0. The Labute approximate surface area is 159 Å². The lowest BCUT2D eigenvalue weighted by Gasteiger charge is -2.30. The van der Waals surface area contributed by atoms with Crippen molar-refractivity contribution in [1.29, 1.82) is 0 Å². The summed E-state index contributed by atoms with van der Waals surface area (Å²) in [6.07, 6.45) is 3.44. The third kappa shape index (κ3) is 3.99. The average Bonchev–Trinajstić information content (AvgIpc) is 2.76. The van der Waals surface area contributed by atoms with Crippen LogP contribution < -0.4 is 0 Å². The van der Waals surface area contributed by atoms with E-state index in [1.165, 1.54) is 0 Å². The van der Waals surface area contributed by atoms with Crippen LogP contribution in [0.5, 0.6) is 0 Å². The van der Waals surface area contributed by atoms with E-state index in [-0.39, 0.29) is 6.04 Å². The molecule has 1 N–H and O–H groups in total.